The van der Waals surface area contributed by atoms with Crippen LogP contribution >= 0.6 is 22.7 Å². The first-order chi connectivity index (χ1) is 15.3. The van der Waals surface area contributed by atoms with Gasteiger partial charge in [0.05, 0.1) is 23.3 Å². The number of halogens is 2. The van der Waals surface area contributed by atoms with Gasteiger partial charge in [0.1, 0.15) is 6.33 Å². The quantitative estimate of drug-likeness (QED) is 0.425. The number of fused-ring (bicyclic) bond motifs is 1. The molecule has 0 spiro atoms. The molecule has 3 aromatic heterocycles. The lowest BCUT2D eigenvalue weighted by Gasteiger charge is -2.02. The third kappa shape index (κ3) is 4.66. The van der Waals surface area contributed by atoms with Crippen molar-refractivity contribution in [2.75, 3.05) is 11.9 Å². The zero-order chi connectivity index (χ0) is 22.8. The number of nitrogens with one attached hydrogen (secondary N) is 1. The average molecular weight is 477 g/mol. The topological polar surface area (TPSA) is 108 Å². The van der Waals surface area contributed by atoms with Crippen LogP contribution in [0.1, 0.15) is 11.8 Å². The van der Waals surface area contributed by atoms with Gasteiger partial charge in [-0.1, -0.05) is 17.4 Å². The molecule has 12 heteroatoms. The Balaban J connectivity index is 1.53. The smallest absolute Gasteiger partial charge is 0.327 e. The number of hydrogen-bond donors (Lipinski definition) is 2. The minimum Gasteiger partial charge on any atom is -0.327 e. The zero-order valence-corrected chi connectivity index (χ0v) is 18.5. The summed E-state index contributed by atoms with van der Waals surface area (Å²) in [5.41, 5.74) is 6.29. The molecule has 3 heterocycles. The van der Waals surface area contributed by atoms with E-state index in [1.807, 2.05) is 30.3 Å². The number of aromatic nitrogens is 4. The van der Waals surface area contributed by atoms with Gasteiger partial charge >= 0.3 is 5.69 Å². The first-order valence-electron chi connectivity index (χ1n) is 9.46. The summed E-state index contributed by atoms with van der Waals surface area (Å²) in [7, 11) is 0. The number of amides is 1. The first-order valence-corrected chi connectivity index (χ1v) is 11.1. The van der Waals surface area contributed by atoms with Gasteiger partial charge in [0.25, 0.3) is 6.08 Å². The number of rotatable bonds is 7. The van der Waals surface area contributed by atoms with E-state index in [1.54, 1.807) is 0 Å². The molecule has 4 aromatic rings. The summed E-state index contributed by atoms with van der Waals surface area (Å²) < 4.78 is 28.9. The molecule has 0 aliphatic carbocycles. The van der Waals surface area contributed by atoms with Crippen LogP contribution < -0.4 is 16.7 Å². The molecule has 0 saturated heterocycles. The second-order valence-electron chi connectivity index (χ2n) is 6.92. The molecular weight excluding hydrogens is 458 g/mol. The first kappa shape index (κ1) is 22.0. The maximum atomic E-state index is 12.8. The highest BCUT2D eigenvalue weighted by atomic mass is 32.1. The Hall–Kier alpha value is -3.22. The van der Waals surface area contributed by atoms with Crippen LogP contribution in [0.15, 0.2) is 53.1 Å². The van der Waals surface area contributed by atoms with E-state index in [4.69, 9.17) is 5.73 Å². The van der Waals surface area contributed by atoms with Gasteiger partial charge in [-0.25, -0.2) is 14.5 Å². The average Bonchev–Trinajstić information content (AvgIpc) is 3.45. The van der Waals surface area contributed by atoms with Gasteiger partial charge in [0, 0.05) is 28.8 Å². The SMILES string of the molecule is CC(=O)Nc1nc2ccc(-c3ccc(Cn4cnn(CC(CN)=C(F)F)c4=O)s3)cc2s1. The van der Waals surface area contributed by atoms with Gasteiger partial charge in [0.15, 0.2) is 5.13 Å². The molecule has 32 heavy (non-hydrogen) atoms. The number of carbonyl (C=O) groups excluding carboxylic acids is 1. The summed E-state index contributed by atoms with van der Waals surface area (Å²) >= 11 is 2.91. The van der Waals surface area contributed by atoms with Crippen molar-refractivity contribution >= 4 is 43.9 Å². The van der Waals surface area contributed by atoms with Crippen molar-refractivity contribution in [1.29, 1.82) is 0 Å². The number of hydrogen-bond acceptors (Lipinski definition) is 7. The van der Waals surface area contributed by atoms with Gasteiger partial charge < -0.3 is 11.1 Å². The van der Waals surface area contributed by atoms with Crippen LogP contribution in [0.5, 0.6) is 0 Å². The summed E-state index contributed by atoms with van der Waals surface area (Å²) in [5.74, 6) is -0.171. The maximum Gasteiger partial charge on any atom is 0.346 e. The number of nitrogens with zero attached hydrogens (tertiary/aromatic N) is 4. The summed E-state index contributed by atoms with van der Waals surface area (Å²) in [6, 6.07) is 9.72. The van der Waals surface area contributed by atoms with Crippen LogP contribution in [0.3, 0.4) is 0 Å². The minimum atomic E-state index is -1.89. The maximum absolute atomic E-state index is 12.8. The molecule has 166 valence electrons. The fourth-order valence-corrected chi connectivity index (χ4v) is 4.99. The molecule has 0 bridgehead atoms. The third-order valence-corrected chi connectivity index (χ3v) is 6.65. The van der Waals surface area contributed by atoms with Crippen LogP contribution in [0, 0.1) is 0 Å². The Morgan fingerprint density at radius 3 is 2.75 bits per heavy atom. The van der Waals surface area contributed by atoms with Gasteiger partial charge in [-0.3, -0.25) is 9.36 Å². The third-order valence-electron chi connectivity index (χ3n) is 4.59. The number of anilines is 1. The fourth-order valence-electron chi connectivity index (χ4n) is 3.04. The summed E-state index contributed by atoms with van der Waals surface area (Å²) in [6.45, 7) is 1.04. The predicted molar refractivity (Wildman–Crippen MR) is 121 cm³/mol. The molecule has 4 rings (SSSR count). The van der Waals surface area contributed by atoms with Crippen molar-refractivity contribution in [2.45, 2.75) is 20.0 Å². The number of benzene rings is 1. The van der Waals surface area contributed by atoms with Gasteiger partial charge in [-0.15, -0.1) is 11.3 Å². The monoisotopic (exact) mass is 476 g/mol. The Bertz CT molecular complexity index is 1380. The molecular formula is C20H18F2N6O2S2. The van der Waals surface area contributed by atoms with E-state index in [9.17, 15) is 18.4 Å². The number of nitrogens with two attached hydrogens (primary N) is 1. The number of thiazole rings is 1. The normalized spacial score (nSPS) is 11.1. The van der Waals surface area contributed by atoms with Crippen LogP contribution in [-0.2, 0) is 17.9 Å². The highest BCUT2D eigenvalue weighted by Crippen LogP contribution is 2.33. The molecule has 0 aliphatic heterocycles. The Kier molecular flexibility index (Phi) is 6.26. The van der Waals surface area contributed by atoms with Crippen LogP contribution in [-0.4, -0.2) is 31.8 Å². The Morgan fingerprint density at radius 1 is 1.22 bits per heavy atom. The molecule has 0 saturated carbocycles. The molecule has 0 radical (unpaired) electrons. The lowest BCUT2D eigenvalue weighted by molar-refractivity contribution is -0.114. The van der Waals surface area contributed by atoms with E-state index < -0.39 is 11.8 Å². The lowest BCUT2D eigenvalue weighted by atomic mass is 10.2. The molecule has 8 nitrogen and oxygen atoms in total. The van der Waals surface area contributed by atoms with Crippen molar-refractivity contribution in [3.05, 3.63) is 63.7 Å². The molecule has 3 N–H and O–H groups in total. The van der Waals surface area contributed by atoms with E-state index >= 15 is 0 Å². The largest absolute Gasteiger partial charge is 0.346 e. The molecule has 1 amide bonds. The highest BCUT2D eigenvalue weighted by molar-refractivity contribution is 7.22. The molecule has 1 aromatic carbocycles. The van der Waals surface area contributed by atoms with Gasteiger partial charge in [-0.2, -0.15) is 13.9 Å². The van der Waals surface area contributed by atoms with E-state index in [2.05, 4.69) is 15.4 Å². The second-order valence-corrected chi connectivity index (χ2v) is 9.11. The van der Waals surface area contributed by atoms with Crippen LogP contribution in [0.25, 0.3) is 20.7 Å². The van der Waals surface area contributed by atoms with Gasteiger partial charge in [-0.05, 0) is 29.8 Å². The van der Waals surface area contributed by atoms with Crippen LogP contribution in [0.4, 0.5) is 13.9 Å². The number of carbonyl (C=O) groups is 1. The highest BCUT2D eigenvalue weighted by Gasteiger charge is 2.13. The molecule has 0 unspecified atom stereocenters. The van der Waals surface area contributed by atoms with Crippen molar-refractivity contribution < 1.29 is 13.6 Å². The van der Waals surface area contributed by atoms with Crippen molar-refractivity contribution in [3.8, 4) is 10.4 Å². The predicted octanol–water partition coefficient (Wildman–Crippen LogP) is 3.50. The van der Waals surface area contributed by atoms with Crippen LogP contribution in [0.2, 0.25) is 0 Å². The van der Waals surface area contributed by atoms with E-state index in [1.165, 1.54) is 40.5 Å². The van der Waals surface area contributed by atoms with Gasteiger partial charge in [0.2, 0.25) is 5.91 Å². The van der Waals surface area contributed by atoms with E-state index in [0.29, 0.717) is 5.13 Å². The second kappa shape index (κ2) is 9.10. The van der Waals surface area contributed by atoms with Crippen molar-refractivity contribution in [2.24, 2.45) is 5.73 Å². The molecule has 0 aliphatic rings. The lowest BCUT2D eigenvalue weighted by Crippen LogP contribution is -2.27. The summed E-state index contributed by atoms with van der Waals surface area (Å²) in [6.07, 6.45) is -0.558. The van der Waals surface area contributed by atoms with Crippen molar-refractivity contribution in [3.63, 3.8) is 0 Å². The minimum absolute atomic E-state index is 0.171. The van der Waals surface area contributed by atoms with E-state index in [0.717, 1.165) is 30.2 Å². The Morgan fingerprint density at radius 2 is 2.03 bits per heavy atom. The van der Waals surface area contributed by atoms with E-state index in [-0.39, 0.29) is 31.1 Å². The Labute approximate surface area is 188 Å². The summed E-state index contributed by atoms with van der Waals surface area (Å²) in [4.78, 5) is 30.0. The number of thiophene rings is 1. The molecule has 0 fully saturated rings. The standard InChI is InChI=1S/C20H18F2N6O2S2/c1-11(29)25-19-26-15-4-2-12(6-17(15)32-19)16-5-3-14(31-16)9-27-10-24-28(20(27)30)8-13(7-23)18(21)22/h2-6,10H,7-9,23H2,1H3,(H,25,26,29). The van der Waals surface area contributed by atoms with Crippen molar-refractivity contribution in [1.82, 2.24) is 19.3 Å². The fraction of sp³-hybridized carbons (Fsp3) is 0.200. The molecule has 0 atom stereocenters. The zero-order valence-electron chi connectivity index (χ0n) is 16.8. The summed E-state index contributed by atoms with van der Waals surface area (Å²) in [5, 5.41) is 7.16.